The summed E-state index contributed by atoms with van der Waals surface area (Å²) in [5.74, 6) is -0.441. The molecule has 0 aromatic heterocycles. The fourth-order valence-corrected chi connectivity index (χ4v) is 4.20. The van der Waals surface area contributed by atoms with E-state index in [0.717, 1.165) is 17.4 Å². The lowest BCUT2D eigenvalue weighted by molar-refractivity contribution is -0.158. The molecule has 0 unspecified atom stereocenters. The van der Waals surface area contributed by atoms with Gasteiger partial charge in [-0.1, -0.05) is 56.3 Å². The van der Waals surface area contributed by atoms with E-state index in [2.05, 4.69) is 10.0 Å². The molecule has 36 heavy (non-hydrogen) atoms. The molecule has 0 saturated heterocycles. The van der Waals surface area contributed by atoms with Gasteiger partial charge < -0.3 is 14.8 Å². The second-order valence-corrected chi connectivity index (χ2v) is 12.1. The summed E-state index contributed by atoms with van der Waals surface area (Å²) in [4.78, 5) is 26.0. The average molecular weight is 519 g/mol. The summed E-state index contributed by atoms with van der Waals surface area (Å²) in [5.41, 5.74) is 1.08. The van der Waals surface area contributed by atoms with Crippen LogP contribution in [0, 0.1) is 5.92 Å². The number of ether oxygens (including phenoxy) is 2. The molecule has 0 bridgehead atoms. The smallest absolute Gasteiger partial charge is 0.329 e. The molecule has 0 aliphatic carbocycles. The summed E-state index contributed by atoms with van der Waals surface area (Å²) < 4.78 is 37.3. The largest absolute Gasteiger partial charge is 0.489 e. The maximum atomic E-state index is 13.0. The minimum atomic E-state index is -3.63. The van der Waals surface area contributed by atoms with Crippen molar-refractivity contribution >= 4 is 21.9 Å². The van der Waals surface area contributed by atoms with Gasteiger partial charge in [0.2, 0.25) is 15.9 Å². The average Bonchev–Trinajstić information content (AvgIpc) is 2.76. The maximum absolute atomic E-state index is 13.0. The van der Waals surface area contributed by atoms with Gasteiger partial charge >= 0.3 is 5.97 Å². The van der Waals surface area contributed by atoms with E-state index >= 15 is 0 Å². The Kier molecular flexibility index (Phi) is 10.5. The minimum absolute atomic E-state index is 0.0541. The maximum Gasteiger partial charge on any atom is 0.329 e. The van der Waals surface area contributed by atoms with Crippen molar-refractivity contribution in [1.29, 1.82) is 0 Å². The van der Waals surface area contributed by atoms with Gasteiger partial charge in [-0.3, -0.25) is 4.79 Å². The summed E-state index contributed by atoms with van der Waals surface area (Å²) in [6, 6.07) is 15.1. The van der Waals surface area contributed by atoms with E-state index in [1.807, 2.05) is 56.3 Å². The van der Waals surface area contributed by atoms with Crippen LogP contribution in [0.3, 0.4) is 0 Å². The van der Waals surface area contributed by atoms with E-state index in [1.165, 1.54) is 0 Å². The van der Waals surface area contributed by atoms with Crippen molar-refractivity contribution in [3.05, 3.63) is 65.7 Å². The van der Waals surface area contributed by atoms with Gasteiger partial charge in [0.1, 0.15) is 30.0 Å². The summed E-state index contributed by atoms with van der Waals surface area (Å²) in [7, 11) is -3.63. The van der Waals surface area contributed by atoms with Gasteiger partial charge in [-0.15, -0.1) is 0 Å². The zero-order chi connectivity index (χ0) is 26.9. The van der Waals surface area contributed by atoms with Crippen molar-refractivity contribution in [2.75, 3.05) is 6.26 Å². The second-order valence-electron chi connectivity index (χ2n) is 10.3. The van der Waals surface area contributed by atoms with Crippen LogP contribution in [0.5, 0.6) is 5.75 Å². The van der Waals surface area contributed by atoms with Crippen LogP contribution in [-0.4, -0.2) is 44.2 Å². The first-order valence-electron chi connectivity index (χ1n) is 12.0. The van der Waals surface area contributed by atoms with E-state index in [9.17, 15) is 18.0 Å². The SMILES string of the molecule is CC(C)C[C@H](NS(C)(=O)=O)C(=O)N[C@@H](Cc1ccc(OCc2ccccc2)cc1)C(=O)OC(C)(C)C. The predicted octanol–water partition coefficient (Wildman–Crippen LogP) is 3.60. The van der Waals surface area contributed by atoms with Crippen molar-refractivity contribution in [2.45, 2.75) is 71.8 Å². The molecule has 0 aliphatic rings. The molecule has 8 nitrogen and oxygen atoms in total. The lowest BCUT2D eigenvalue weighted by atomic mass is 10.0. The molecule has 2 aromatic carbocycles. The van der Waals surface area contributed by atoms with Crippen LogP contribution in [0.15, 0.2) is 54.6 Å². The molecule has 2 atom stereocenters. The van der Waals surface area contributed by atoms with Crippen LogP contribution >= 0.6 is 0 Å². The first kappa shape index (κ1) is 29.3. The number of rotatable bonds is 12. The number of carbonyl (C=O) groups excluding carboxylic acids is 2. The number of nitrogens with one attached hydrogen (secondary N) is 2. The fourth-order valence-electron chi connectivity index (χ4n) is 3.48. The number of hydrogen-bond acceptors (Lipinski definition) is 6. The van der Waals surface area contributed by atoms with Crippen LogP contribution in [0.25, 0.3) is 0 Å². The third-order valence-electron chi connectivity index (χ3n) is 5.00. The van der Waals surface area contributed by atoms with Gasteiger partial charge in [0.25, 0.3) is 0 Å². The highest BCUT2D eigenvalue weighted by molar-refractivity contribution is 7.88. The van der Waals surface area contributed by atoms with Crippen LogP contribution in [-0.2, 0) is 37.4 Å². The van der Waals surface area contributed by atoms with E-state index in [1.54, 1.807) is 32.9 Å². The summed E-state index contributed by atoms with van der Waals surface area (Å²) in [5, 5.41) is 2.71. The van der Waals surface area contributed by atoms with E-state index in [0.29, 0.717) is 12.4 Å². The van der Waals surface area contributed by atoms with Crippen molar-refractivity contribution < 1.29 is 27.5 Å². The molecule has 1 amide bonds. The number of carbonyl (C=O) groups is 2. The van der Waals surface area contributed by atoms with Crippen LogP contribution in [0.1, 0.15) is 52.2 Å². The van der Waals surface area contributed by atoms with E-state index in [4.69, 9.17) is 9.47 Å². The van der Waals surface area contributed by atoms with E-state index < -0.39 is 39.6 Å². The molecule has 2 rings (SSSR count). The summed E-state index contributed by atoms with van der Waals surface area (Å²) in [6.07, 6.45) is 1.46. The zero-order valence-electron chi connectivity index (χ0n) is 21.9. The molecule has 0 saturated carbocycles. The summed E-state index contributed by atoms with van der Waals surface area (Å²) >= 11 is 0. The minimum Gasteiger partial charge on any atom is -0.489 e. The normalized spacial score (nSPS) is 13.6. The Morgan fingerprint density at radius 3 is 2.06 bits per heavy atom. The molecule has 0 fully saturated rings. The van der Waals surface area contributed by atoms with Crippen molar-refractivity contribution in [2.24, 2.45) is 5.92 Å². The molecule has 0 aliphatic heterocycles. The molecule has 2 aromatic rings. The Morgan fingerprint density at radius 1 is 0.917 bits per heavy atom. The quantitative estimate of drug-likeness (QED) is 0.416. The number of amides is 1. The highest BCUT2D eigenvalue weighted by atomic mass is 32.2. The number of esters is 1. The molecule has 0 heterocycles. The van der Waals surface area contributed by atoms with Gasteiger partial charge in [-0.25, -0.2) is 17.9 Å². The predicted molar refractivity (Wildman–Crippen MR) is 140 cm³/mol. The Hall–Kier alpha value is -2.91. The zero-order valence-corrected chi connectivity index (χ0v) is 22.7. The lowest BCUT2D eigenvalue weighted by Crippen LogP contribution is -2.53. The Bertz CT molecular complexity index is 1090. The molecular weight excluding hydrogens is 480 g/mol. The van der Waals surface area contributed by atoms with Gasteiger partial charge in [-0.2, -0.15) is 0 Å². The van der Waals surface area contributed by atoms with Crippen LogP contribution in [0.4, 0.5) is 0 Å². The van der Waals surface area contributed by atoms with E-state index in [-0.39, 0.29) is 18.8 Å². The molecule has 2 N–H and O–H groups in total. The Morgan fingerprint density at radius 2 is 1.53 bits per heavy atom. The number of hydrogen-bond donors (Lipinski definition) is 2. The third kappa shape index (κ3) is 11.2. The third-order valence-corrected chi connectivity index (χ3v) is 5.71. The van der Waals surface area contributed by atoms with Gasteiger partial charge in [-0.05, 0) is 56.4 Å². The van der Waals surface area contributed by atoms with Crippen molar-refractivity contribution in [1.82, 2.24) is 10.0 Å². The molecule has 9 heteroatoms. The summed E-state index contributed by atoms with van der Waals surface area (Å²) in [6.45, 7) is 9.44. The molecular formula is C27H38N2O6S. The van der Waals surface area contributed by atoms with Crippen molar-refractivity contribution in [3.63, 3.8) is 0 Å². The topological polar surface area (TPSA) is 111 Å². The van der Waals surface area contributed by atoms with Gasteiger partial charge in [0.05, 0.1) is 6.26 Å². The van der Waals surface area contributed by atoms with Gasteiger partial charge in [0, 0.05) is 6.42 Å². The van der Waals surface area contributed by atoms with Crippen LogP contribution < -0.4 is 14.8 Å². The first-order valence-corrected chi connectivity index (χ1v) is 13.9. The molecule has 0 radical (unpaired) electrons. The Labute approximate surface area is 214 Å². The second kappa shape index (κ2) is 12.9. The van der Waals surface area contributed by atoms with Gasteiger partial charge in [0.15, 0.2) is 0 Å². The number of sulfonamides is 1. The first-order chi connectivity index (χ1) is 16.7. The fraction of sp³-hybridized carbons (Fsp3) is 0.481. The highest BCUT2D eigenvalue weighted by Gasteiger charge is 2.31. The monoisotopic (exact) mass is 518 g/mol. The standard InChI is InChI=1S/C27H38N2O6S/c1-19(2)16-23(29-36(6,32)33)25(30)28-24(26(31)35-27(3,4)5)17-20-12-14-22(15-13-20)34-18-21-10-8-7-9-11-21/h7-15,19,23-24,29H,16-18H2,1-6H3,(H,28,30)/t23-,24-/m0/s1. The molecule has 0 spiro atoms. The highest BCUT2D eigenvalue weighted by Crippen LogP contribution is 2.17. The lowest BCUT2D eigenvalue weighted by Gasteiger charge is -2.26. The Balaban J connectivity index is 2.15. The van der Waals surface area contributed by atoms with Crippen LogP contribution in [0.2, 0.25) is 0 Å². The van der Waals surface area contributed by atoms with Crippen molar-refractivity contribution in [3.8, 4) is 5.75 Å². The molecule has 198 valence electrons. The number of benzene rings is 2.